The first-order valence-corrected chi connectivity index (χ1v) is 48.0. The van der Waals surface area contributed by atoms with Crippen molar-refractivity contribution >= 4 is 108 Å². The van der Waals surface area contributed by atoms with Gasteiger partial charge in [0, 0.05) is 167 Å². The van der Waals surface area contributed by atoms with E-state index in [1.54, 1.807) is 30.3 Å². The molecule has 24 nitrogen and oxygen atoms in total. The second kappa shape index (κ2) is 45.7. The van der Waals surface area contributed by atoms with Crippen molar-refractivity contribution in [3.8, 4) is 0 Å². The van der Waals surface area contributed by atoms with E-state index in [2.05, 4.69) is 119 Å². The summed E-state index contributed by atoms with van der Waals surface area (Å²) in [6.45, 7) is 16.9. The minimum Gasteiger partial charge on any atom is -0.397 e. The van der Waals surface area contributed by atoms with Crippen molar-refractivity contribution in [2.24, 2.45) is 36.8 Å². The van der Waals surface area contributed by atoms with Gasteiger partial charge in [0.2, 0.25) is 0 Å². The fourth-order valence-corrected chi connectivity index (χ4v) is 20.2. The third kappa shape index (κ3) is 22.6. The van der Waals surface area contributed by atoms with Crippen molar-refractivity contribution in [3.63, 3.8) is 0 Å². The highest BCUT2D eigenvalue weighted by molar-refractivity contribution is 6.25. The first-order chi connectivity index (χ1) is 66.4. The second-order valence-electron chi connectivity index (χ2n) is 36.5. The molecule has 138 heavy (non-hydrogen) atoms. The molecule has 0 spiro atoms. The van der Waals surface area contributed by atoms with Gasteiger partial charge in [-0.05, 0) is 142 Å². The molecule has 0 unspecified atom stereocenters. The van der Waals surface area contributed by atoms with Gasteiger partial charge in [-0.2, -0.15) is 0 Å². The summed E-state index contributed by atoms with van der Waals surface area (Å²) in [5, 5.41) is 35.5. The van der Waals surface area contributed by atoms with E-state index in [1.807, 2.05) is 158 Å². The van der Waals surface area contributed by atoms with Crippen LogP contribution >= 0.6 is 0 Å². The molecule has 21 rings (SSSR count). The lowest BCUT2D eigenvalue weighted by molar-refractivity contribution is -0.384. The number of hydrogen-bond acceptors (Lipinski definition) is 21. The van der Waals surface area contributed by atoms with E-state index in [0.717, 1.165) is 206 Å². The summed E-state index contributed by atoms with van der Waals surface area (Å²) in [6.07, 6.45) is 20.0. The predicted octanol–water partition coefficient (Wildman–Crippen LogP) is 22.8. The summed E-state index contributed by atoms with van der Waals surface area (Å²) in [5.41, 5.74) is 30.6. The van der Waals surface area contributed by atoms with Gasteiger partial charge in [-0.1, -0.05) is 255 Å². The number of nitrogen functional groups attached to an aromatic ring is 1. The normalized spacial score (nSPS) is 17.0. The number of nitrogens with zero attached hydrogens (tertiary/aromatic N) is 13. The molecule has 0 aromatic heterocycles. The maximum absolute atomic E-state index is 12.1. The molecule has 0 aliphatic carbocycles. The van der Waals surface area contributed by atoms with E-state index in [4.69, 9.17) is 10.7 Å². The standard InChI is InChI=1S/C28H27N3O2.2C21H21N3O3.C21H23N3O.C21H22N2O.2CH4/c1-20-19-29-28(25-10-6-5-9-24(20)25)23-11-12-26(27(18-23)31(32)33)30-15-13-22(14-16-30)17-21-7-3-2-4-8-21;1-14-8-10-23(11-9-14)18-7-6-15(12-19(18)24(26)27)21-17-5-3-2-4-16(17)20(25)13-22-21;25-20-14-22-21(17-8-4-3-7-16(17)20)15-9-10-18(19(13-15)24(26)27)23-11-5-1-2-6-12-23;22-18-13-15(9-10-19(18)24-11-5-1-2-6-12-24)21-17-8-4-3-7-16(17)20(25)14-23-21;24-20-15-22-21(19-8-4-3-7-18(19)20)16-9-11-17(12-10-16)23-13-5-1-2-6-14-23;;/h2-12,18,22H,1,13-17,19H2;2-7,12,14H,8-11,13H2,1H3;3-4,7-10,13H,1-2,5-6,11-12,14H2;3-4,7-10,13H,1-2,5-6,11-12,14,22H2;3-4,7-12H,1-2,5-6,13-15H2;2*1H4. The number of Topliss-reactive ketones (excluding diaryl/α,β-unsaturated/α-hetero) is 4. The minimum atomic E-state index is -0.322. The van der Waals surface area contributed by atoms with E-state index < -0.39 is 0 Å². The molecule has 0 amide bonds. The zero-order valence-corrected chi connectivity index (χ0v) is 77.1. The summed E-state index contributed by atoms with van der Waals surface area (Å²) in [6, 6.07) is 79.7. The molecule has 5 saturated heterocycles. The number of nitrogens with two attached hydrogens (primary N) is 1. The fraction of sp³-hybridized carbons (Fsp3) is 0.325. The molecule has 11 aromatic carbocycles. The lowest BCUT2D eigenvalue weighted by Crippen LogP contribution is -2.34. The van der Waals surface area contributed by atoms with Gasteiger partial charge in [-0.3, -0.25) is 74.5 Å². The molecule has 2 N–H and O–H groups in total. The summed E-state index contributed by atoms with van der Waals surface area (Å²) >= 11 is 0. The Bertz CT molecular complexity index is 6500. The molecule has 10 aliphatic heterocycles. The highest BCUT2D eigenvalue weighted by Gasteiger charge is 2.34. The molecule has 10 aliphatic rings. The van der Waals surface area contributed by atoms with Gasteiger partial charge in [0.25, 0.3) is 17.1 Å². The van der Waals surface area contributed by atoms with Crippen LogP contribution in [0.5, 0.6) is 0 Å². The van der Waals surface area contributed by atoms with Crippen LogP contribution in [0, 0.1) is 42.2 Å². The Balaban J connectivity index is 0.000000131. The van der Waals surface area contributed by atoms with Gasteiger partial charge in [-0.25, -0.2) is 0 Å². The maximum Gasteiger partial charge on any atom is 0.293 e. The number of aliphatic imine (C=N–C) groups is 5. The minimum absolute atomic E-state index is 0. The van der Waals surface area contributed by atoms with Crippen LogP contribution in [-0.4, -0.2) is 165 Å². The molecule has 24 heteroatoms. The number of rotatable bonds is 15. The molecular weight excluding hydrogens is 1730 g/mol. The van der Waals surface area contributed by atoms with Gasteiger partial charge < -0.3 is 30.2 Å². The summed E-state index contributed by atoms with van der Waals surface area (Å²) in [5.74, 6) is 1.41. The number of nitro benzene ring substituents is 3. The number of nitro groups is 3. The third-order valence-electron chi connectivity index (χ3n) is 27.5. The van der Waals surface area contributed by atoms with Crippen molar-refractivity contribution < 1.29 is 33.9 Å². The van der Waals surface area contributed by atoms with Gasteiger partial charge in [0.1, 0.15) is 43.2 Å². The Morgan fingerprint density at radius 3 is 0.942 bits per heavy atom. The van der Waals surface area contributed by atoms with E-state index in [9.17, 15) is 49.5 Å². The predicted molar refractivity (Wildman–Crippen MR) is 559 cm³/mol. The van der Waals surface area contributed by atoms with Gasteiger partial charge in [0.05, 0.1) is 61.2 Å². The molecule has 11 aromatic rings. The summed E-state index contributed by atoms with van der Waals surface area (Å²) in [7, 11) is 0. The first kappa shape index (κ1) is 97.7. The Labute approximate surface area is 808 Å². The summed E-state index contributed by atoms with van der Waals surface area (Å²) < 4.78 is 0. The van der Waals surface area contributed by atoms with E-state index in [1.165, 1.54) is 75.5 Å². The SMILES string of the molecule is C.C.C=C1CN=C(c2ccc(N3CCC(Cc4ccccc4)CC3)c([N+](=O)[O-])c2)c2ccccc21.CC1CCN(c2ccc(C3=NCC(=O)c4ccccc43)cc2[N+](=O)[O-])CC1.Nc1cc(C2=NCC(=O)c3ccccc32)ccc1N1CCCCCC1.O=C1CN=C(c2ccc(N3CCCCCC3)c([N+](=O)[O-])c2)c2ccccc21.O=C1CN=C(c2ccc(N3CCCCCC3)cc2)c2ccccc21. The molecule has 5 fully saturated rings. The van der Waals surface area contributed by atoms with E-state index in [0.29, 0.717) is 69.1 Å². The van der Waals surface area contributed by atoms with Crippen LogP contribution in [-0.2, 0) is 6.42 Å². The fourth-order valence-electron chi connectivity index (χ4n) is 20.2. The van der Waals surface area contributed by atoms with Crippen molar-refractivity contribution in [2.75, 3.05) is 128 Å². The molecule has 708 valence electrons. The average Bonchev–Trinajstić information content (AvgIpc) is 1.10. The van der Waals surface area contributed by atoms with Gasteiger partial charge in [-0.15, -0.1) is 0 Å². The molecule has 0 radical (unpaired) electrons. The monoisotopic (exact) mass is 1850 g/mol. The van der Waals surface area contributed by atoms with Crippen LogP contribution in [0.2, 0.25) is 0 Å². The Morgan fingerprint density at radius 1 is 0.312 bits per heavy atom. The number of piperidine rings is 2. The molecule has 0 atom stereocenters. The molecular formula is C114H122N14O10. The van der Waals surface area contributed by atoms with Crippen molar-refractivity contribution in [3.05, 3.63) is 375 Å². The highest BCUT2D eigenvalue weighted by Crippen LogP contribution is 2.40. The zero-order valence-electron chi connectivity index (χ0n) is 77.1. The van der Waals surface area contributed by atoms with Crippen molar-refractivity contribution in [1.82, 2.24) is 0 Å². The Hall–Kier alpha value is -14.8. The van der Waals surface area contributed by atoms with Crippen molar-refractivity contribution in [2.45, 2.75) is 131 Å². The Kier molecular flexibility index (Phi) is 32.4. The zero-order chi connectivity index (χ0) is 94.1. The van der Waals surface area contributed by atoms with Gasteiger partial charge in [0.15, 0.2) is 23.1 Å². The van der Waals surface area contributed by atoms with Crippen LogP contribution in [0.3, 0.4) is 0 Å². The van der Waals surface area contributed by atoms with Crippen molar-refractivity contribution in [1.29, 1.82) is 0 Å². The molecule has 10 heterocycles. The second-order valence-corrected chi connectivity index (χ2v) is 36.5. The van der Waals surface area contributed by atoms with Crippen LogP contribution in [0.1, 0.15) is 233 Å². The van der Waals surface area contributed by atoms with Crippen LogP contribution in [0.4, 0.5) is 51.2 Å². The lowest BCUT2D eigenvalue weighted by Gasteiger charge is -2.33. The number of carbonyl (C=O) groups is 4. The average molecular weight is 1850 g/mol. The van der Waals surface area contributed by atoms with E-state index >= 15 is 0 Å². The highest BCUT2D eigenvalue weighted by atomic mass is 16.6. The quantitative estimate of drug-likeness (QED) is 0.0566. The number of ketones is 4. The van der Waals surface area contributed by atoms with Crippen LogP contribution in [0.15, 0.2) is 280 Å². The number of fused-ring (bicyclic) bond motifs is 5. The number of hydrogen-bond donors (Lipinski definition) is 1. The molecule has 0 bridgehead atoms. The smallest absolute Gasteiger partial charge is 0.293 e. The summed E-state index contributed by atoms with van der Waals surface area (Å²) in [4.78, 5) is 117. The Morgan fingerprint density at radius 2 is 0.587 bits per heavy atom. The molecule has 0 saturated carbocycles. The number of anilines is 6. The maximum atomic E-state index is 12.1. The van der Waals surface area contributed by atoms with E-state index in [-0.39, 0.29) is 96.0 Å². The lowest BCUT2D eigenvalue weighted by atomic mass is 9.89. The van der Waals surface area contributed by atoms with Gasteiger partial charge >= 0.3 is 0 Å². The third-order valence-corrected chi connectivity index (χ3v) is 27.5. The van der Waals surface area contributed by atoms with Crippen LogP contribution in [0.25, 0.3) is 5.57 Å². The number of benzene rings is 11. The number of carbonyl (C=O) groups excluding carboxylic acids is 4. The largest absolute Gasteiger partial charge is 0.397 e. The van der Waals surface area contributed by atoms with Crippen LogP contribution < -0.4 is 30.2 Å². The topological polar surface area (TPSA) is 302 Å². The first-order valence-electron chi connectivity index (χ1n) is 48.0.